The Hall–Kier alpha value is -0.0400. The van der Waals surface area contributed by atoms with E-state index in [1.807, 2.05) is 0 Å². The molecule has 0 aliphatic heterocycles. The van der Waals surface area contributed by atoms with Gasteiger partial charge in [0.2, 0.25) is 0 Å². The van der Waals surface area contributed by atoms with Gasteiger partial charge in [-0.3, -0.25) is 0 Å². The first kappa shape index (κ1) is 12.0. The molecular formula is C13H26O. The van der Waals surface area contributed by atoms with Gasteiger partial charge in [-0.05, 0) is 50.9 Å². The van der Waals surface area contributed by atoms with Crippen LogP contribution in [0.5, 0.6) is 0 Å². The molecule has 0 radical (unpaired) electrons. The van der Waals surface area contributed by atoms with Crippen LogP contribution in [0.3, 0.4) is 0 Å². The maximum atomic E-state index is 5.80. The highest BCUT2D eigenvalue weighted by Crippen LogP contribution is 2.46. The fraction of sp³-hybridized carbons (Fsp3) is 1.00. The van der Waals surface area contributed by atoms with E-state index in [4.69, 9.17) is 4.74 Å². The second-order valence-corrected chi connectivity index (χ2v) is 6.94. The van der Waals surface area contributed by atoms with E-state index in [2.05, 4.69) is 41.5 Å². The van der Waals surface area contributed by atoms with Crippen LogP contribution in [-0.2, 0) is 4.74 Å². The molecule has 1 saturated carbocycles. The van der Waals surface area contributed by atoms with Crippen molar-refractivity contribution in [3.8, 4) is 0 Å². The summed E-state index contributed by atoms with van der Waals surface area (Å²) in [5.74, 6) is 1.77. The fourth-order valence-corrected chi connectivity index (χ4v) is 1.91. The van der Waals surface area contributed by atoms with E-state index in [9.17, 15) is 0 Å². The molecule has 14 heavy (non-hydrogen) atoms. The minimum atomic E-state index is 0.0366. The molecule has 1 aliphatic rings. The van der Waals surface area contributed by atoms with Gasteiger partial charge in [0.15, 0.2) is 0 Å². The number of hydrogen-bond donors (Lipinski definition) is 0. The lowest BCUT2D eigenvalue weighted by Crippen LogP contribution is -2.21. The van der Waals surface area contributed by atoms with Crippen LogP contribution in [0.4, 0.5) is 0 Å². The van der Waals surface area contributed by atoms with Crippen molar-refractivity contribution >= 4 is 0 Å². The highest BCUT2D eigenvalue weighted by atomic mass is 16.5. The summed E-state index contributed by atoms with van der Waals surface area (Å²) in [6.45, 7) is 14.3. The zero-order valence-electron chi connectivity index (χ0n) is 10.7. The van der Waals surface area contributed by atoms with E-state index in [0.717, 1.165) is 18.4 Å². The van der Waals surface area contributed by atoms with E-state index < -0.39 is 0 Å². The molecule has 1 nitrogen and oxygen atoms in total. The quantitative estimate of drug-likeness (QED) is 0.669. The molecule has 0 bridgehead atoms. The Morgan fingerprint density at radius 1 is 1.00 bits per heavy atom. The highest BCUT2D eigenvalue weighted by Gasteiger charge is 2.39. The minimum Gasteiger partial charge on any atom is -0.376 e. The Labute approximate surface area is 89.2 Å². The van der Waals surface area contributed by atoms with Crippen molar-refractivity contribution in [3.05, 3.63) is 0 Å². The van der Waals surface area contributed by atoms with Gasteiger partial charge < -0.3 is 4.74 Å². The summed E-state index contributed by atoms with van der Waals surface area (Å²) in [4.78, 5) is 0. The average molecular weight is 198 g/mol. The van der Waals surface area contributed by atoms with Gasteiger partial charge in [0, 0.05) is 0 Å². The predicted octanol–water partition coefficient (Wildman–Crippen LogP) is 3.87. The molecule has 0 N–H and O–H groups in total. The highest BCUT2D eigenvalue weighted by molar-refractivity contribution is 4.89. The SMILES string of the molecule is CC(C)(C)CC1CC1COC(C)(C)C. The molecule has 1 rings (SSSR count). The molecule has 1 heteroatoms. The number of rotatable bonds is 3. The fourth-order valence-electron chi connectivity index (χ4n) is 1.91. The van der Waals surface area contributed by atoms with E-state index in [1.165, 1.54) is 12.8 Å². The largest absolute Gasteiger partial charge is 0.376 e. The Bertz CT molecular complexity index is 182. The molecule has 0 aromatic heterocycles. The Morgan fingerprint density at radius 3 is 2.00 bits per heavy atom. The smallest absolute Gasteiger partial charge is 0.0598 e. The normalized spacial score (nSPS) is 27.9. The third kappa shape index (κ3) is 4.99. The summed E-state index contributed by atoms with van der Waals surface area (Å²) < 4.78 is 5.80. The third-order valence-electron chi connectivity index (χ3n) is 2.67. The lowest BCUT2D eigenvalue weighted by molar-refractivity contribution is -0.0112. The summed E-state index contributed by atoms with van der Waals surface area (Å²) in [6.07, 6.45) is 2.73. The average Bonchev–Trinajstić information content (AvgIpc) is 2.58. The van der Waals surface area contributed by atoms with Crippen LogP contribution in [0.15, 0.2) is 0 Å². The Kier molecular flexibility index (Phi) is 3.30. The summed E-state index contributed by atoms with van der Waals surface area (Å²) in [5, 5.41) is 0. The van der Waals surface area contributed by atoms with E-state index in [-0.39, 0.29) is 5.60 Å². The van der Waals surface area contributed by atoms with Gasteiger partial charge in [0.1, 0.15) is 0 Å². The topological polar surface area (TPSA) is 9.23 Å². The minimum absolute atomic E-state index is 0.0366. The second-order valence-electron chi connectivity index (χ2n) is 6.94. The molecule has 0 heterocycles. The predicted molar refractivity (Wildman–Crippen MR) is 61.4 cm³/mol. The second kappa shape index (κ2) is 3.84. The Balaban J connectivity index is 2.15. The van der Waals surface area contributed by atoms with E-state index >= 15 is 0 Å². The van der Waals surface area contributed by atoms with Gasteiger partial charge in [0.05, 0.1) is 12.2 Å². The molecule has 0 aromatic carbocycles. The molecule has 2 atom stereocenters. The maximum Gasteiger partial charge on any atom is 0.0598 e. The molecular weight excluding hydrogens is 172 g/mol. The molecule has 1 fully saturated rings. The maximum absolute atomic E-state index is 5.80. The van der Waals surface area contributed by atoms with Crippen LogP contribution >= 0.6 is 0 Å². The summed E-state index contributed by atoms with van der Waals surface area (Å²) in [6, 6.07) is 0. The summed E-state index contributed by atoms with van der Waals surface area (Å²) >= 11 is 0. The van der Waals surface area contributed by atoms with Gasteiger partial charge in [0.25, 0.3) is 0 Å². The van der Waals surface area contributed by atoms with Crippen molar-refractivity contribution in [2.75, 3.05) is 6.61 Å². The van der Waals surface area contributed by atoms with Gasteiger partial charge in [-0.2, -0.15) is 0 Å². The number of hydrogen-bond acceptors (Lipinski definition) is 1. The Morgan fingerprint density at radius 2 is 1.57 bits per heavy atom. The van der Waals surface area contributed by atoms with Crippen LogP contribution in [0.2, 0.25) is 0 Å². The van der Waals surface area contributed by atoms with Crippen LogP contribution in [0.25, 0.3) is 0 Å². The monoisotopic (exact) mass is 198 g/mol. The summed E-state index contributed by atoms with van der Waals surface area (Å²) in [7, 11) is 0. The van der Waals surface area contributed by atoms with E-state index in [1.54, 1.807) is 0 Å². The first-order chi connectivity index (χ1) is 6.17. The molecule has 2 unspecified atom stereocenters. The van der Waals surface area contributed by atoms with Crippen molar-refractivity contribution in [1.29, 1.82) is 0 Å². The lowest BCUT2D eigenvalue weighted by atomic mass is 9.89. The van der Waals surface area contributed by atoms with Crippen LogP contribution in [0, 0.1) is 17.3 Å². The van der Waals surface area contributed by atoms with Gasteiger partial charge in [-0.25, -0.2) is 0 Å². The van der Waals surface area contributed by atoms with Crippen molar-refractivity contribution in [2.24, 2.45) is 17.3 Å². The van der Waals surface area contributed by atoms with Crippen LogP contribution in [-0.4, -0.2) is 12.2 Å². The van der Waals surface area contributed by atoms with Crippen molar-refractivity contribution in [2.45, 2.75) is 60.0 Å². The molecule has 0 aromatic rings. The zero-order valence-corrected chi connectivity index (χ0v) is 10.7. The van der Waals surface area contributed by atoms with E-state index in [0.29, 0.717) is 5.41 Å². The van der Waals surface area contributed by atoms with Gasteiger partial charge >= 0.3 is 0 Å². The van der Waals surface area contributed by atoms with Gasteiger partial charge in [-0.1, -0.05) is 20.8 Å². The third-order valence-corrected chi connectivity index (χ3v) is 2.67. The van der Waals surface area contributed by atoms with Crippen molar-refractivity contribution < 1.29 is 4.74 Å². The van der Waals surface area contributed by atoms with Crippen molar-refractivity contribution in [1.82, 2.24) is 0 Å². The molecule has 84 valence electrons. The molecule has 0 saturated heterocycles. The van der Waals surface area contributed by atoms with Crippen LogP contribution < -0.4 is 0 Å². The first-order valence-electron chi connectivity index (χ1n) is 5.81. The number of ether oxygens (including phenoxy) is 1. The zero-order chi connectivity index (χ0) is 11.0. The molecule has 0 amide bonds. The lowest BCUT2D eigenvalue weighted by Gasteiger charge is -2.21. The van der Waals surface area contributed by atoms with Gasteiger partial charge in [-0.15, -0.1) is 0 Å². The molecule has 0 spiro atoms. The van der Waals surface area contributed by atoms with Crippen LogP contribution in [0.1, 0.15) is 54.4 Å². The van der Waals surface area contributed by atoms with Crippen molar-refractivity contribution in [3.63, 3.8) is 0 Å². The standard InChI is InChI=1S/C13H26O/c1-12(2,3)8-10-7-11(10)9-14-13(4,5)6/h10-11H,7-9H2,1-6H3. The first-order valence-corrected chi connectivity index (χ1v) is 5.81. The molecule has 1 aliphatic carbocycles. The summed E-state index contributed by atoms with van der Waals surface area (Å²) in [5.41, 5.74) is 0.524.